The second kappa shape index (κ2) is 15.2. The van der Waals surface area contributed by atoms with Crippen molar-refractivity contribution in [2.45, 2.75) is 24.9 Å². The maximum atomic E-state index is 12.4. The highest BCUT2D eigenvalue weighted by molar-refractivity contribution is 5.81. The Balaban J connectivity index is -0.000000400. The molecule has 0 spiro atoms. The van der Waals surface area contributed by atoms with Crippen LogP contribution < -0.4 is 0 Å². The number of halogens is 6. The predicted octanol–water partition coefficient (Wildman–Crippen LogP) is 2.56. The third-order valence-electron chi connectivity index (χ3n) is 1.86. The summed E-state index contributed by atoms with van der Waals surface area (Å²) < 4.78 is 79.3. The Hall–Kier alpha value is -2.83. The fourth-order valence-electron chi connectivity index (χ4n) is 0.767. The second-order valence-corrected chi connectivity index (χ2v) is 4.11. The third-order valence-corrected chi connectivity index (χ3v) is 1.86. The number of aliphatic hydroxyl groups excluding tert-OH is 1. The minimum absolute atomic E-state index is 0.0465. The Morgan fingerprint density at radius 3 is 1.68 bits per heavy atom. The van der Waals surface area contributed by atoms with E-state index in [2.05, 4.69) is 29.2 Å². The number of carbonyl (C=O) groups excluding carboxylic acids is 2. The topological polar surface area (TPSA) is 110 Å². The predicted molar refractivity (Wildman–Crippen MR) is 82.9 cm³/mol. The van der Waals surface area contributed by atoms with Gasteiger partial charge in [-0.05, 0) is 0 Å². The van der Waals surface area contributed by atoms with E-state index in [1.54, 1.807) is 0 Å². The molecule has 0 amide bonds. The summed E-state index contributed by atoms with van der Waals surface area (Å²) in [5.41, 5.74) is 0. The van der Waals surface area contributed by atoms with Gasteiger partial charge in [-0.15, -0.1) is 0 Å². The number of carboxylic acid groups (broad SMARTS) is 1. The Morgan fingerprint density at radius 1 is 0.964 bits per heavy atom. The summed E-state index contributed by atoms with van der Waals surface area (Å²) >= 11 is 0. The number of ether oxygens (including phenoxy) is 2. The monoisotopic (exact) mass is 424 g/mol. The van der Waals surface area contributed by atoms with E-state index in [0.717, 1.165) is 12.2 Å². The summed E-state index contributed by atoms with van der Waals surface area (Å²) in [6.07, 6.45) is -13.8. The Kier molecular flexibility index (Phi) is 16.3. The highest BCUT2D eigenvalue weighted by Gasteiger charge is 2.49. The lowest BCUT2D eigenvalue weighted by atomic mass is 10.2. The van der Waals surface area contributed by atoms with Gasteiger partial charge in [0.05, 0.1) is 13.0 Å². The summed E-state index contributed by atoms with van der Waals surface area (Å²) in [4.78, 5) is 29.6. The van der Waals surface area contributed by atoms with Crippen molar-refractivity contribution >= 4 is 17.9 Å². The van der Waals surface area contributed by atoms with Crippen LogP contribution in [-0.2, 0) is 23.9 Å². The number of aliphatic carboxylic acids is 1. The summed E-state index contributed by atoms with van der Waals surface area (Å²) in [6, 6.07) is 0. The van der Waals surface area contributed by atoms with E-state index >= 15 is 0 Å². The molecule has 0 aromatic carbocycles. The first-order valence-electron chi connectivity index (χ1n) is 6.86. The lowest BCUT2D eigenvalue weighted by Crippen LogP contribution is -2.38. The lowest BCUT2D eigenvalue weighted by molar-refractivity contribution is -0.274. The van der Waals surface area contributed by atoms with Crippen LogP contribution in [0.2, 0.25) is 0 Å². The normalized spacial score (nSPS) is 11.2. The van der Waals surface area contributed by atoms with Gasteiger partial charge in [-0.3, -0.25) is 0 Å². The van der Waals surface area contributed by atoms with E-state index in [-0.39, 0.29) is 19.3 Å². The fraction of sp³-hybridized carbons (Fsp3) is 0.400. The average Bonchev–Trinajstić information content (AvgIpc) is 2.58. The molecule has 0 fully saturated rings. The first kappa shape index (κ1) is 29.9. The zero-order valence-electron chi connectivity index (χ0n) is 14.3. The van der Waals surface area contributed by atoms with Gasteiger partial charge in [0.25, 0.3) is 0 Å². The second-order valence-electron chi connectivity index (χ2n) is 4.11. The van der Waals surface area contributed by atoms with Gasteiger partial charge in [-0.2, -0.15) is 22.0 Å². The van der Waals surface area contributed by atoms with Gasteiger partial charge in [-0.1, -0.05) is 19.7 Å². The Labute approximate surface area is 155 Å². The van der Waals surface area contributed by atoms with E-state index in [9.17, 15) is 40.7 Å². The molecule has 7 nitrogen and oxygen atoms in total. The van der Waals surface area contributed by atoms with Crippen molar-refractivity contribution < 1.29 is 60.4 Å². The van der Waals surface area contributed by atoms with Crippen LogP contribution in [0, 0.1) is 0 Å². The first-order chi connectivity index (χ1) is 12.7. The summed E-state index contributed by atoms with van der Waals surface area (Å²) in [5.74, 6) is -3.19. The van der Waals surface area contributed by atoms with Gasteiger partial charge in [0.1, 0.15) is 6.61 Å². The zero-order chi connectivity index (χ0) is 23.0. The quantitative estimate of drug-likeness (QED) is 0.350. The average molecular weight is 424 g/mol. The van der Waals surface area contributed by atoms with Gasteiger partial charge in [-0.25, -0.2) is 18.8 Å². The first-order valence-corrected chi connectivity index (χ1v) is 6.86. The molecule has 1 atom stereocenters. The molecule has 28 heavy (non-hydrogen) atoms. The molecular weight excluding hydrogens is 406 g/mol. The third kappa shape index (κ3) is 21.2. The fourth-order valence-corrected chi connectivity index (χ4v) is 0.767. The number of rotatable bonds is 8. The molecule has 0 aromatic heterocycles. The Bertz CT molecular complexity index is 531. The van der Waals surface area contributed by atoms with Crippen molar-refractivity contribution in [2.24, 2.45) is 0 Å². The van der Waals surface area contributed by atoms with Crippen LogP contribution in [0.1, 0.15) is 6.42 Å². The van der Waals surface area contributed by atoms with Crippen molar-refractivity contribution in [2.75, 3.05) is 13.2 Å². The Morgan fingerprint density at radius 2 is 1.39 bits per heavy atom. The molecule has 0 heterocycles. The number of alkyl halides is 6. The molecule has 2 N–H and O–H groups in total. The highest BCUT2D eigenvalue weighted by Crippen LogP contribution is 2.32. The van der Waals surface area contributed by atoms with E-state index in [0.29, 0.717) is 0 Å². The number of esters is 2. The molecule has 0 saturated carbocycles. The van der Waals surface area contributed by atoms with Gasteiger partial charge in [0.2, 0.25) is 6.17 Å². The smallest absolute Gasteiger partial charge is 0.432 e. The molecule has 13 heteroatoms. The molecule has 1 unspecified atom stereocenters. The van der Waals surface area contributed by atoms with Crippen molar-refractivity contribution in [3.63, 3.8) is 0 Å². The molecule has 0 saturated heterocycles. The van der Waals surface area contributed by atoms with E-state index in [1.165, 1.54) is 0 Å². The lowest BCUT2D eigenvalue weighted by Gasteiger charge is -2.20. The maximum Gasteiger partial charge on any atom is 0.432 e. The molecule has 0 bridgehead atoms. The van der Waals surface area contributed by atoms with E-state index in [1.807, 2.05) is 0 Å². The number of carbonyl (C=O) groups is 3. The van der Waals surface area contributed by atoms with E-state index < -0.39 is 42.8 Å². The van der Waals surface area contributed by atoms with Crippen LogP contribution in [-0.4, -0.2) is 59.8 Å². The van der Waals surface area contributed by atoms with Crippen LogP contribution in [0.4, 0.5) is 26.3 Å². The zero-order valence-corrected chi connectivity index (χ0v) is 14.3. The van der Waals surface area contributed by atoms with Gasteiger partial charge in [0.15, 0.2) is 0 Å². The van der Waals surface area contributed by atoms with Gasteiger partial charge in [0, 0.05) is 18.2 Å². The molecule has 0 radical (unpaired) electrons. The largest absolute Gasteiger partial charge is 0.478 e. The summed E-state index contributed by atoms with van der Waals surface area (Å²) in [6.45, 7) is 8.75. The van der Waals surface area contributed by atoms with Gasteiger partial charge < -0.3 is 19.7 Å². The number of aliphatic hydroxyl groups is 1. The maximum absolute atomic E-state index is 12.4. The molecule has 0 rings (SSSR count). The number of hydrogen-bond donors (Lipinski definition) is 2. The van der Waals surface area contributed by atoms with Crippen molar-refractivity contribution in [1.29, 1.82) is 0 Å². The highest BCUT2D eigenvalue weighted by atomic mass is 19.4. The summed E-state index contributed by atoms with van der Waals surface area (Å²) in [5, 5.41) is 15.7. The van der Waals surface area contributed by atoms with Crippen molar-refractivity contribution in [1.82, 2.24) is 0 Å². The number of hydrogen-bond acceptors (Lipinski definition) is 6. The SMILES string of the molecule is C=CC(=O)O.C=CC(=O)OC(F)(F)C(F)CC(F)(F)F.C=CC(=O)OCCO. The molecule has 0 aliphatic rings. The van der Waals surface area contributed by atoms with Crippen LogP contribution in [0.3, 0.4) is 0 Å². The van der Waals surface area contributed by atoms with Crippen LogP contribution in [0.15, 0.2) is 38.0 Å². The van der Waals surface area contributed by atoms with Crippen LogP contribution >= 0.6 is 0 Å². The standard InChI is InChI=1S/C7H6F6O2.C5H8O3.C3H4O2/c1-2-5(14)15-7(12,13)4(8)3-6(9,10)11;1-2-5(7)8-4-3-6;1-2-3(4)5/h2,4H,1,3H2;2,6H,1,3-4H2;2H,1H2,(H,4,5). The van der Waals surface area contributed by atoms with Crippen LogP contribution in [0.25, 0.3) is 0 Å². The minimum Gasteiger partial charge on any atom is -0.478 e. The van der Waals surface area contributed by atoms with Gasteiger partial charge >= 0.3 is 30.2 Å². The molecule has 162 valence electrons. The molecule has 0 aliphatic heterocycles. The molecule has 0 aromatic rings. The summed E-state index contributed by atoms with van der Waals surface area (Å²) in [7, 11) is 0. The van der Waals surface area contributed by atoms with E-state index in [4.69, 9.17) is 10.2 Å². The van der Waals surface area contributed by atoms with Crippen molar-refractivity contribution in [3.05, 3.63) is 38.0 Å². The van der Waals surface area contributed by atoms with Crippen molar-refractivity contribution in [3.8, 4) is 0 Å². The number of carboxylic acids is 1. The minimum atomic E-state index is -5.11. The molecule has 0 aliphatic carbocycles. The molecular formula is C15H18F6O7. The van der Waals surface area contributed by atoms with Crippen LogP contribution in [0.5, 0.6) is 0 Å².